The molecule has 0 radical (unpaired) electrons. The van der Waals surface area contributed by atoms with Gasteiger partial charge in [0.15, 0.2) is 0 Å². The van der Waals surface area contributed by atoms with Crippen LogP contribution in [0.15, 0.2) is 47.4 Å². The highest BCUT2D eigenvalue weighted by molar-refractivity contribution is 7.92. The number of sulfonamides is 1. The van der Waals surface area contributed by atoms with Crippen molar-refractivity contribution >= 4 is 33.2 Å². The lowest BCUT2D eigenvalue weighted by Gasteiger charge is -2.13. The summed E-state index contributed by atoms with van der Waals surface area (Å²) in [6.45, 7) is 0.866. The minimum absolute atomic E-state index is 0.0848. The Bertz CT molecular complexity index is 881. The molecular formula is C16H15ClN2O4S. The summed E-state index contributed by atoms with van der Waals surface area (Å²) in [5.74, 6) is 0.230. The van der Waals surface area contributed by atoms with Gasteiger partial charge in [0.2, 0.25) is 0 Å². The molecule has 0 aromatic heterocycles. The summed E-state index contributed by atoms with van der Waals surface area (Å²) in [6.07, 6.45) is 0. The number of ether oxygens (including phenoxy) is 1. The minimum Gasteiger partial charge on any atom is -0.491 e. The zero-order valence-corrected chi connectivity index (χ0v) is 14.4. The van der Waals surface area contributed by atoms with Gasteiger partial charge in [0.05, 0.1) is 17.0 Å². The Kier molecular flexibility index (Phi) is 4.38. The Morgan fingerprint density at radius 2 is 1.88 bits per heavy atom. The SMILES string of the molecule is CN1CCOc2ccc(NS(=O)(=O)c3ccc(Cl)cc3)cc2C1=O. The molecule has 2 aromatic carbocycles. The van der Waals surface area contributed by atoms with E-state index in [4.69, 9.17) is 16.3 Å². The number of nitrogens with one attached hydrogen (secondary N) is 1. The normalized spacial score (nSPS) is 14.6. The maximum absolute atomic E-state index is 12.4. The van der Waals surface area contributed by atoms with Crippen LogP contribution in [0, 0.1) is 0 Å². The number of fused-ring (bicyclic) bond motifs is 1. The molecule has 1 heterocycles. The predicted octanol–water partition coefficient (Wildman–Crippen LogP) is 2.61. The van der Waals surface area contributed by atoms with Crippen molar-refractivity contribution in [3.05, 3.63) is 53.1 Å². The van der Waals surface area contributed by atoms with Crippen molar-refractivity contribution < 1.29 is 17.9 Å². The third kappa shape index (κ3) is 3.32. The molecule has 1 aliphatic heterocycles. The lowest BCUT2D eigenvalue weighted by molar-refractivity contribution is 0.0797. The number of carbonyl (C=O) groups is 1. The molecule has 0 saturated carbocycles. The van der Waals surface area contributed by atoms with Crippen LogP contribution in [-0.4, -0.2) is 39.4 Å². The number of hydrogen-bond acceptors (Lipinski definition) is 4. The molecule has 3 rings (SSSR count). The van der Waals surface area contributed by atoms with E-state index in [1.165, 1.54) is 35.2 Å². The zero-order valence-electron chi connectivity index (χ0n) is 12.8. The van der Waals surface area contributed by atoms with Crippen molar-refractivity contribution in [2.24, 2.45) is 0 Å². The topological polar surface area (TPSA) is 75.7 Å². The fourth-order valence-electron chi connectivity index (χ4n) is 2.31. The highest BCUT2D eigenvalue weighted by Gasteiger charge is 2.22. The molecule has 24 heavy (non-hydrogen) atoms. The summed E-state index contributed by atoms with van der Waals surface area (Å²) in [5, 5.41) is 0.449. The number of carbonyl (C=O) groups excluding carboxylic acids is 1. The average molecular weight is 367 g/mol. The van der Waals surface area contributed by atoms with E-state index >= 15 is 0 Å². The van der Waals surface area contributed by atoms with Gasteiger partial charge in [0.1, 0.15) is 12.4 Å². The van der Waals surface area contributed by atoms with Gasteiger partial charge in [-0.05, 0) is 42.5 Å². The van der Waals surface area contributed by atoms with Crippen LogP contribution < -0.4 is 9.46 Å². The fraction of sp³-hybridized carbons (Fsp3) is 0.188. The molecule has 6 nitrogen and oxygen atoms in total. The van der Waals surface area contributed by atoms with Gasteiger partial charge in [-0.1, -0.05) is 11.6 Å². The van der Waals surface area contributed by atoms with Crippen molar-refractivity contribution in [1.82, 2.24) is 4.90 Å². The number of hydrogen-bond donors (Lipinski definition) is 1. The Morgan fingerprint density at radius 3 is 2.58 bits per heavy atom. The standard InChI is InChI=1S/C16H15ClN2O4S/c1-19-8-9-23-15-7-4-12(10-14(15)16(19)20)18-24(21,22)13-5-2-11(17)3-6-13/h2-7,10,18H,8-9H2,1H3. The van der Waals surface area contributed by atoms with E-state index in [-0.39, 0.29) is 16.5 Å². The number of rotatable bonds is 3. The largest absolute Gasteiger partial charge is 0.491 e. The molecule has 0 bridgehead atoms. The van der Waals surface area contributed by atoms with E-state index in [1.807, 2.05) is 0 Å². The molecule has 1 N–H and O–H groups in total. The second kappa shape index (κ2) is 6.33. The first kappa shape index (κ1) is 16.6. The fourth-order valence-corrected chi connectivity index (χ4v) is 3.49. The number of halogens is 1. The maximum Gasteiger partial charge on any atom is 0.261 e. The van der Waals surface area contributed by atoms with Crippen LogP contribution in [0.2, 0.25) is 5.02 Å². The Labute approximate surface area is 145 Å². The van der Waals surface area contributed by atoms with E-state index in [0.717, 1.165) is 0 Å². The van der Waals surface area contributed by atoms with Crippen LogP contribution >= 0.6 is 11.6 Å². The van der Waals surface area contributed by atoms with Crippen molar-refractivity contribution in [1.29, 1.82) is 0 Å². The van der Waals surface area contributed by atoms with Gasteiger partial charge < -0.3 is 9.64 Å². The Morgan fingerprint density at radius 1 is 1.17 bits per heavy atom. The Balaban J connectivity index is 1.92. The molecule has 0 aliphatic carbocycles. The van der Waals surface area contributed by atoms with Gasteiger partial charge >= 0.3 is 0 Å². The van der Waals surface area contributed by atoms with Crippen LogP contribution in [0.5, 0.6) is 5.75 Å². The number of benzene rings is 2. The third-order valence-electron chi connectivity index (χ3n) is 3.62. The van der Waals surface area contributed by atoms with Crippen LogP contribution in [0.25, 0.3) is 0 Å². The van der Waals surface area contributed by atoms with Crippen molar-refractivity contribution in [2.45, 2.75) is 4.90 Å². The van der Waals surface area contributed by atoms with Gasteiger partial charge in [-0.2, -0.15) is 0 Å². The van der Waals surface area contributed by atoms with Crippen LogP contribution in [0.1, 0.15) is 10.4 Å². The van der Waals surface area contributed by atoms with E-state index < -0.39 is 10.0 Å². The molecule has 1 amide bonds. The number of amides is 1. The Hall–Kier alpha value is -2.25. The van der Waals surface area contributed by atoms with E-state index in [1.54, 1.807) is 19.2 Å². The summed E-state index contributed by atoms with van der Waals surface area (Å²) in [4.78, 5) is 13.9. The van der Waals surface area contributed by atoms with E-state index in [0.29, 0.717) is 29.5 Å². The second-order valence-corrected chi connectivity index (χ2v) is 7.46. The summed E-state index contributed by atoms with van der Waals surface area (Å²) >= 11 is 5.78. The monoisotopic (exact) mass is 366 g/mol. The first-order valence-electron chi connectivity index (χ1n) is 7.17. The summed E-state index contributed by atoms with van der Waals surface area (Å²) in [6, 6.07) is 10.5. The van der Waals surface area contributed by atoms with Crippen LogP contribution in [0.4, 0.5) is 5.69 Å². The quantitative estimate of drug-likeness (QED) is 0.906. The van der Waals surface area contributed by atoms with Crippen molar-refractivity contribution in [3.63, 3.8) is 0 Å². The smallest absolute Gasteiger partial charge is 0.261 e. The third-order valence-corrected chi connectivity index (χ3v) is 5.27. The molecule has 0 atom stereocenters. The van der Waals surface area contributed by atoms with Gasteiger partial charge in [-0.3, -0.25) is 9.52 Å². The molecule has 0 fully saturated rings. The van der Waals surface area contributed by atoms with Gasteiger partial charge in [0, 0.05) is 17.8 Å². The van der Waals surface area contributed by atoms with Crippen molar-refractivity contribution in [3.8, 4) is 5.75 Å². The van der Waals surface area contributed by atoms with Crippen LogP contribution in [-0.2, 0) is 10.0 Å². The zero-order chi connectivity index (χ0) is 17.3. The molecule has 1 aliphatic rings. The van der Waals surface area contributed by atoms with Crippen molar-refractivity contribution in [2.75, 3.05) is 24.9 Å². The molecule has 0 spiro atoms. The lowest BCUT2D eigenvalue weighted by Crippen LogP contribution is -2.27. The van der Waals surface area contributed by atoms with E-state index in [9.17, 15) is 13.2 Å². The number of likely N-dealkylation sites (N-methyl/N-ethyl adjacent to an activating group) is 1. The highest BCUT2D eigenvalue weighted by Crippen LogP contribution is 2.27. The summed E-state index contributed by atoms with van der Waals surface area (Å²) in [7, 11) is -2.10. The second-order valence-electron chi connectivity index (χ2n) is 5.35. The van der Waals surface area contributed by atoms with Gasteiger partial charge in [-0.25, -0.2) is 8.42 Å². The van der Waals surface area contributed by atoms with Gasteiger partial charge in [0.25, 0.3) is 15.9 Å². The molecule has 0 saturated heterocycles. The maximum atomic E-state index is 12.4. The number of nitrogens with zero attached hydrogens (tertiary/aromatic N) is 1. The van der Waals surface area contributed by atoms with Crippen LogP contribution in [0.3, 0.4) is 0 Å². The lowest BCUT2D eigenvalue weighted by atomic mass is 10.1. The van der Waals surface area contributed by atoms with Gasteiger partial charge in [-0.15, -0.1) is 0 Å². The minimum atomic E-state index is -3.77. The molecule has 2 aromatic rings. The molecule has 8 heteroatoms. The van der Waals surface area contributed by atoms with E-state index in [2.05, 4.69) is 4.72 Å². The first-order valence-corrected chi connectivity index (χ1v) is 9.04. The summed E-state index contributed by atoms with van der Waals surface area (Å²) < 4.78 is 32.8. The molecular weight excluding hydrogens is 352 g/mol. The first-order chi connectivity index (χ1) is 11.4. The average Bonchev–Trinajstić information content (AvgIpc) is 2.68. The summed E-state index contributed by atoms with van der Waals surface area (Å²) in [5.41, 5.74) is 0.613. The molecule has 126 valence electrons. The predicted molar refractivity (Wildman–Crippen MR) is 91.2 cm³/mol. The molecule has 0 unspecified atom stereocenters. The highest BCUT2D eigenvalue weighted by atomic mass is 35.5. The number of anilines is 1.